The Kier molecular flexibility index (Phi) is 6.73. The summed E-state index contributed by atoms with van der Waals surface area (Å²) in [6.45, 7) is -0.688. The van der Waals surface area contributed by atoms with Crippen molar-refractivity contribution in [2.45, 2.75) is 40.8 Å². The molecule has 0 rings (SSSR count). The van der Waals surface area contributed by atoms with E-state index in [0.29, 0.717) is 6.92 Å². The fraction of sp³-hybridized carbons (Fsp3) is 1.00. The molecule has 1 atom stereocenters. The molecule has 0 aromatic rings. The topological polar surface area (TPSA) is 88.5 Å². The Balaban J connectivity index is 6.74. The Bertz CT molecular complexity index is 650. The molecule has 0 heterocycles. The van der Waals surface area contributed by atoms with Crippen LogP contribution in [-0.2, 0) is 19.7 Å². The second kappa shape index (κ2) is 6.96. The Morgan fingerprint density at radius 3 is 1.19 bits per heavy atom. The normalized spacial score (nSPS) is 16.8. The fourth-order valence-corrected chi connectivity index (χ4v) is 6.00. The van der Waals surface area contributed by atoms with Gasteiger partial charge in [-0.1, -0.05) is 6.92 Å². The van der Waals surface area contributed by atoms with Gasteiger partial charge in [-0.25, -0.2) is 16.8 Å². The number of aliphatic hydroxyl groups is 1. The SMILES string of the molecule is CC(CO)CC(S(=O)(=O)C(F)(F)C(F)(F)F)S(=O)(=O)C(F)(F)C(F)(F)F. The van der Waals surface area contributed by atoms with Crippen LogP contribution in [0.15, 0.2) is 0 Å². The van der Waals surface area contributed by atoms with Crippen molar-refractivity contribution in [1.82, 2.24) is 0 Å². The highest BCUT2D eigenvalue weighted by atomic mass is 32.3. The van der Waals surface area contributed by atoms with Gasteiger partial charge in [-0.3, -0.25) is 0 Å². The maximum atomic E-state index is 13.2. The summed E-state index contributed by atoms with van der Waals surface area (Å²) < 4.78 is 167. The summed E-state index contributed by atoms with van der Waals surface area (Å²) in [6, 6.07) is 0. The summed E-state index contributed by atoms with van der Waals surface area (Å²) in [5.41, 5.74) is 0. The van der Waals surface area contributed by atoms with Crippen LogP contribution in [0.25, 0.3) is 0 Å². The summed E-state index contributed by atoms with van der Waals surface area (Å²) >= 11 is 0. The van der Waals surface area contributed by atoms with Crippen LogP contribution in [0.1, 0.15) is 13.3 Å². The third-order valence-electron chi connectivity index (χ3n) is 2.97. The van der Waals surface area contributed by atoms with Crippen molar-refractivity contribution >= 4 is 19.7 Å². The molecule has 0 radical (unpaired) electrons. The molecule has 5 nitrogen and oxygen atoms in total. The first kappa shape index (κ1) is 25.2. The molecular weight excluding hydrogens is 442 g/mol. The maximum absolute atomic E-state index is 13.2. The molecule has 0 aliphatic carbocycles. The predicted molar refractivity (Wildman–Crippen MR) is 64.5 cm³/mol. The predicted octanol–water partition coefficient (Wildman–Crippen LogP) is 2.47. The quantitative estimate of drug-likeness (QED) is 0.600. The summed E-state index contributed by atoms with van der Waals surface area (Å²) in [7, 11) is -15.0. The first-order chi connectivity index (χ1) is 11.1. The molecule has 17 heteroatoms. The van der Waals surface area contributed by atoms with Gasteiger partial charge in [-0.15, -0.1) is 0 Å². The van der Waals surface area contributed by atoms with E-state index in [1.54, 1.807) is 0 Å². The zero-order chi connectivity index (χ0) is 21.6. The van der Waals surface area contributed by atoms with Crippen LogP contribution in [0.2, 0.25) is 0 Å². The number of sulfone groups is 2. The summed E-state index contributed by atoms with van der Waals surface area (Å²) in [5, 5.41) is -5.27. The van der Waals surface area contributed by atoms with Gasteiger partial charge in [-0.05, 0) is 12.3 Å². The summed E-state index contributed by atoms with van der Waals surface area (Å²) in [6.07, 6.45) is -16.1. The van der Waals surface area contributed by atoms with Gasteiger partial charge in [0.1, 0.15) is 0 Å². The highest BCUT2D eigenvalue weighted by Crippen LogP contribution is 2.48. The number of rotatable bonds is 7. The van der Waals surface area contributed by atoms with Gasteiger partial charge in [0.25, 0.3) is 0 Å². The molecule has 0 fully saturated rings. The lowest BCUT2D eigenvalue weighted by molar-refractivity contribution is -0.242. The van der Waals surface area contributed by atoms with Crippen LogP contribution in [0.4, 0.5) is 43.9 Å². The van der Waals surface area contributed by atoms with Crippen LogP contribution in [-0.4, -0.2) is 56.0 Å². The molecule has 0 saturated heterocycles. The van der Waals surface area contributed by atoms with E-state index in [4.69, 9.17) is 5.11 Å². The molecule has 1 unspecified atom stereocenters. The highest BCUT2D eigenvalue weighted by molar-refractivity contribution is 8.10. The van der Waals surface area contributed by atoms with Crippen LogP contribution in [0.5, 0.6) is 0 Å². The average molecular weight is 452 g/mol. The first-order valence-corrected chi connectivity index (χ1v) is 9.15. The minimum atomic E-state index is -7.50. The number of alkyl halides is 10. The van der Waals surface area contributed by atoms with Crippen LogP contribution >= 0.6 is 0 Å². The van der Waals surface area contributed by atoms with Crippen molar-refractivity contribution in [3.05, 3.63) is 0 Å². The second-order valence-electron chi connectivity index (χ2n) is 5.07. The second-order valence-corrected chi connectivity index (χ2v) is 9.71. The molecule has 1 N–H and O–H groups in total. The molecule has 0 aromatic carbocycles. The minimum Gasteiger partial charge on any atom is -0.396 e. The van der Waals surface area contributed by atoms with Crippen molar-refractivity contribution in [2.24, 2.45) is 5.92 Å². The molecule has 0 aromatic heterocycles. The van der Waals surface area contributed by atoms with E-state index >= 15 is 0 Å². The van der Waals surface area contributed by atoms with Gasteiger partial charge in [0.2, 0.25) is 19.7 Å². The van der Waals surface area contributed by atoms with E-state index in [1.807, 2.05) is 0 Å². The lowest BCUT2D eigenvalue weighted by Crippen LogP contribution is -2.56. The van der Waals surface area contributed by atoms with Crippen LogP contribution in [0.3, 0.4) is 0 Å². The van der Waals surface area contributed by atoms with Crippen LogP contribution in [0, 0.1) is 5.92 Å². The molecule has 0 bridgehead atoms. The summed E-state index contributed by atoms with van der Waals surface area (Å²) in [4.78, 5) is 0. The number of hydrogen-bond acceptors (Lipinski definition) is 5. The number of hydrogen-bond donors (Lipinski definition) is 1. The van der Waals surface area contributed by atoms with Crippen molar-refractivity contribution in [2.75, 3.05) is 6.61 Å². The zero-order valence-corrected chi connectivity index (χ0v) is 13.9. The van der Waals surface area contributed by atoms with Gasteiger partial charge in [0.05, 0.1) is 0 Å². The smallest absolute Gasteiger partial charge is 0.396 e. The Labute approximate surface area is 139 Å². The van der Waals surface area contributed by atoms with Gasteiger partial charge in [-0.2, -0.15) is 43.9 Å². The fourth-order valence-electron chi connectivity index (χ4n) is 1.48. The monoisotopic (exact) mass is 452 g/mol. The molecule has 0 aliphatic rings. The number of aliphatic hydroxyl groups excluding tert-OH is 1. The van der Waals surface area contributed by atoms with Gasteiger partial charge in [0, 0.05) is 6.61 Å². The van der Waals surface area contributed by atoms with Crippen molar-refractivity contribution in [3.8, 4) is 0 Å². The first-order valence-electron chi connectivity index (χ1n) is 6.05. The Morgan fingerprint density at radius 1 is 0.731 bits per heavy atom. The lowest BCUT2D eigenvalue weighted by Gasteiger charge is -2.29. The average Bonchev–Trinajstić information content (AvgIpc) is 2.40. The standard InChI is InChI=1S/C9H10F10O5S2/c1-4(3-20)2-5(25(21,22)8(16,17)6(10,11)12)26(23,24)9(18,19)7(13,14)15/h4-5,20H,2-3H2,1H3. The van der Waals surface area contributed by atoms with E-state index in [0.717, 1.165) is 0 Å². The van der Waals surface area contributed by atoms with E-state index in [-0.39, 0.29) is 0 Å². The summed E-state index contributed by atoms with van der Waals surface area (Å²) in [5.74, 6) is -1.84. The van der Waals surface area contributed by atoms with E-state index < -0.39 is 66.1 Å². The molecular formula is C9H10F10O5S2. The van der Waals surface area contributed by atoms with E-state index in [9.17, 15) is 60.7 Å². The van der Waals surface area contributed by atoms with E-state index in [1.165, 1.54) is 0 Å². The molecule has 0 saturated carbocycles. The Morgan fingerprint density at radius 2 is 1.00 bits per heavy atom. The number of halogens is 10. The third-order valence-corrected chi connectivity index (χ3v) is 8.16. The lowest BCUT2D eigenvalue weighted by atomic mass is 10.1. The molecule has 0 amide bonds. The van der Waals surface area contributed by atoms with E-state index in [2.05, 4.69) is 0 Å². The maximum Gasteiger partial charge on any atom is 0.469 e. The van der Waals surface area contributed by atoms with Gasteiger partial charge in [0.15, 0.2) is 4.58 Å². The van der Waals surface area contributed by atoms with Gasteiger partial charge < -0.3 is 5.11 Å². The van der Waals surface area contributed by atoms with Crippen LogP contribution < -0.4 is 0 Å². The van der Waals surface area contributed by atoms with Crippen molar-refractivity contribution < 1.29 is 65.8 Å². The van der Waals surface area contributed by atoms with Crippen molar-refractivity contribution in [1.29, 1.82) is 0 Å². The molecule has 158 valence electrons. The molecule has 26 heavy (non-hydrogen) atoms. The molecule has 0 aliphatic heterocycles. The Hall–Kier alpha value is -0.840. The van der Waals surface area contributed by atoms with Gasteiger partial charge >= 0.3 is 22.9 Å². The highest BCUT2D eigenvalue weighted by Gasteiger charge is 2.76. The minimum absolute atomic E-state index is 0.621. The molecule has 0 spiro atoms. The third kappa shape index (κ3) is 4.02. The zero-order valence-electron chi connectivity index (χ0n) is 12.2. The van der Waals surface area contributed by atoms with Crippen molar-refractivity contribution in [3.63, 3.8) is 0 Å². The largest absolute Gasteiger partial charge is 0.469 e.